The maximum Gasteiger partial charge on any atom is 0.308 e. The molecule has 5 heteroatoms. The van der Waals surface area contributed by atoms with Crippen molar-refractivity contribution in [3.63, 3.8) is 0 Å². The number of ether oxygens (including phenoxy) is 1. The smallest absolute Gasteiger partial charge is 0.308 e. The number of esters is 1. The Labute approximate surface area is 206 Å². The molecule has 1 saturated carbocycles. The van der Waals surface area contributed by atoms with E-state index in [-0.39, 0.29) is 29.1 Å². The Morgan fingerprint density at radius 1 is 1.15 bits per heavy atom. The van der Waals surface area contributed by atoms with Crippen LogP contribution in [0, 0.1) is 23.2 Å². The summed E-state index contributed by atoms with van der Waals surface area (Å²) >= 11 is 0. The van der Waals surface area contributed by atoms with Crippen molar-refractivity contribution in [3.8, 4) is 0 Å². The minimum atomic E-state index is -0.419. The van der Waals surface area contributed by atoms with Crippen molar-refractivity contribution in [1.82, 2.24) is 10.2 Å². The molecule has 3 aliphatic carbocycles. The standard InChI is InChI=1S/C29H44N2O3/c1-21(2)26(32)34-29(15-18-31(6)17-10-16-30-27(33)28(3,4)5)20-23-13-14-24(29)19-25(23)22-11-8-7-9-12-22/h7-9,11-12,19,21,23-24H,10,13-18,20H2,1-6H3,(H,30,33)/t23-,24-,29+/m0/s1. The second-order valence-electron chi connectivity index (χ2n) is 11.6. The average molecular weight is 469 g/mol. The molecule has 34 heavy (non-hydrogen) atoms. The quantitative estimate of drug-likeness (QED) is 0.373. The van der Waals surface area contributed by atoms with E-state index in [0.29, 0.717) is 12.5 Å². The number of amides is 1. The van der Waals surface area contributed by atoms with E-state index in [0.717, 1.165) is 45.2 Å². The van der Waals surface area contributed by atoms with Crippen LogP contribution in [0.4, 0.5) is 0 Å². The summed E-state index contributed by atoms with van der Waals surface area (Å²) < 4.78 is 6.34. The molecule has 188 valence electrons. The topological polar surface area (TPSA) is 58.6 Å². The summed E-state index contributed by atoms with van der Waals surface area (Å²) in [5.41, 5.74) is 1.95. The largest absolute Gasteiger partial charge is 0.458 e. The molecule has 3 atom stereocenters. The van der Waals surface area contributed by atoms with Gasteiger partial charge in [0, 0.05) is 30.8 Å². The van der Waals surface area contributed by atoms with Gasteiger partial charge in [0.2, 0.25) is 5.91 Å². The summed E-state index contributed by atoms with van der Waals surface area (Å²) in [5, 5.41) is 3.03. The second kappa shape index (κ2) is 11.1. The average Bonchev–Trinajstić information content (AvgIpc) is 2.80. The zero-order valence-corrected chi connectivity index (χ0v) is 22.0. The Kier molecular flexibility index (Phi) is 8.62. The maximum absolute atomic E-state index is 12.7. The van der Waals surface area contributed by atoms with E-state index in [4.69, 9.17) is 4.74 Å². The van der Waals surface area contributed by atoms with Crippen LogP contribution in [0.3, 0.4) is 0 Å². The van der Waals surface area contributed by atoms with Crippen molar-refractivity contribution in [2.75, 3.05) is 26.7 Å². The van der Waals surface area contributed by atoms with Crippen molar-refractivity contribution in [2.24, 2.45) is 23.2 Å². The zero-order valence-electron chi connectivity index (χ0n) is 22.0. The fourth-order valence-corrected chi connectivity index (χ4v) is 5.21. The summed E-state index contributed by atoms with van der Waals surface area (Å²) in [6.07, 6.45) is 7.30. The third-order valence-corrected chi connectivity index (χ3v) is 7.40. The van der Waals surface area contributed by atoms with Gasteiger partial charge in [-0.25, -0.2) is 0 Å². The molecule has 1 aromatic rings. The number of nitrogens with zero attached hydrogens (tertiary/aromatic N) is 1. The number of carbonyl (C=O) groups is 2. The van der Waals surface area contributed by atoms with E-state index in [1.807, 2.05) is 34.6 Å². The van der Waals surface area contributed by atoms with Crippen LogP contribution < -0.4 is 5.32 Å². The number of fused-ring (bicyclic) bond motifs is 2. The van der Waals surface area contributed by atoms with Crippen LogP contribution in [0.1, 0.15) is 72.3 Å². The first-order valence-electron chi connectivity index (χ1n) is 13.0. The van der Waals surface area contributed by atoms with Gasteiger partial charge >= 0.3 is 5.97 Å². The van der Waals surface area contributed by atoms with Crippen molar-refractivity contribution in [3.05, 3.63) is 42.0 Å². The van der Waals surface area contributed by atoms with Crippen LogP contribution in [0.5, 0.6) is 0 Å². The van der Waals surface area contributed by atoms with Gasteiger partial charge in [0.1, 0.15) is 5.60 Å². The van der Waals surface area contributed by atoms with Crippen LogP contribution in [0.25, 0.3) is 5.57 Å². The Morgan fingerprint density at radius 2 is 1.85 bits per heavy atom. The van der Waals surface area contributed by atoms with Gasteiger partial charge in [-0.3, -0.25) is 9.59 Å². The van der Waals surface area contributed by atoms with Crippen molar-refractivity contribution in [1.29, 1.82) is 0 Å². The predicted molar refractivity (Wildman–Crippen MR) is 138 cm³/mol. The molecule has 0 saturated heterocycles. The zero-order chi connectivity index (χ0) is 24.9. The van der Waals surface area contributed by atoms with E-state index in [1.165, 1.54) is 11.1 Å². The lowest BCUT2D eigenvalue weighted by Gasteiger charge is -2.50. The fourth-order valence-electron chi connectivity index (χ4n) is 5.21. The molecule has 2 bridgehead atoms. The van der Waals surface area contributed by atoms with Crippen LogP contribution >= 0.6 is 0 Å². The van der Waals surface area contributed by atoms with Crippen molar-refractivity contribution in [2.45, 2.75) is 72.3 Å². The second-order valence-corrected chi connectivity index (χ2v) is 11.6. The third-order valence-electron chi connectivity index (χ3n) is 7.40. The van der Waals surface area contributed by atoms with Crippen LogP contribution in [0.15, 0.2) is 36.4 Å². The Hall–Kier alpha value is -2.14. The van der Waals surface area contributed by atoms with Gasteiger partial charge in [0.15, 0.2) is 0 Å². The van der Waals surface area contributed by atoms with E-state index in [1.54, 1.807) is 0 Å². The Balaban J connectivity index is 1.64. The van der Waals surface area contributed by atoms with E-state index < -0.39 is 5.60 Å². The number of rotatable bonds is 10. The molecule has 1 N–H and O–H groups in total. The number of hydrogen-bond acceptors (Lipinski definition) is 4. The number of nitrogens with one attached hydrogen (secondary N) is 1. The highest BCUT2D eigenvalue weighted by atomic mass is 16.6. The maximum atomic E-state index is 12.7. The highest BCUT2D eigenvalue weighted by Gasteiger charge is 2.50. The van der Waals surface area contributed by atoms with Gasteiger partial charge in [-0.05, 0) is 56.3 Å². The lowest BCUT2D eigenvalue weighted by Crippen LogP contribution is -2.51. The minimum Gasteiger partial charge on any atom is -0.458 e. The molecule has 5 nitrogen and oxygen atoms in total. The first-order chi connectivity index (χ1) is 16.0. The molecule has 0 aliphatic heterocycles. The molecular formula is C29H44N2O3. The molecule has 0 heterocycles. The van der Waals surface area contributed by atoms with Gasteiger partial charge in [0.05, 0.1) is 5.92 Å². The number of carbonyl (C=O) groups excluding carboxylic acids is 2. The van der Waals surface area contributed by atoms with Gasteiger partial charge < -0.3 is 15.0 Å². The first kappa shape index (κ1) is 26.5. The predicted octanol–water partition coefficient (Wildman–Crippen LogP) is 5.31. The van der Waals surface area contributed by atoms with E-state index in [2.05, 4.69) is 53.7 Å². The summed E-state index contributed by atoms with van der Waals surface area (Å²) in [4.78, 5) is 27.1. The first-order valence-corrected chi connectivity index (χ1v) is 13.0. The molecule has 1 amide bonds. The van der Waals surface area contributed by atoms with E-state index >= 15 is 0 Å². The van der Waals surface area contributed by atoms with Crippen LogP contribution in [-0.2, 0) is 14.3 Å². The molecule has 1 fully saturated rings. The molecule has 0 spiro atoms. The molecular weight excluding hydrogens is 424 g/mol. The van der Waals surface area contributed by atoms with Gasteiger partial charge in [-0.1, -0.05) is 71.0 Å². The lowest BCUT2D eigenvalue weighted by molar-refractivity contribution is -0.176. The van der Waals surface area contributed by atoms with Gasteiger partial charge in [-0.2, -0.15) is 0 Å². The molecule has 1 aromatic carbocycles. The Bertz CT molecular complexity index is 871. The fraction of sp³-hybridized carbons (Fsp3) is 0.655. The SMILES string of the molecule is CC(C)C(=O)O[C@]1(CCN(C)CCCNC(=O)C(C)(C)C)C[C@@H]2CC[C@H]1C=C2c1ccccc1. The molecule has 4 rings (SSSR count). The minimum absolute atomic E-state index is 0.0882. The van der Waals surface area contributed by atoms with Crippen LogP contribution in [0.2, 0.25) is 0 Å². The van der Waals surface area contributed by atoms with Gasteiger partial charge in [-0.15, -0.1) is 0 Å². The third kappa shape index (κ3) is 6.50. The molecule has 0 radical (unpaired) electrons. The number of allylic oxidation sites excluding steroid dienone is 1. The van der Waals surface area contributed by atoms with E-state index in [9.17, 15) is 9.59 Å². The normalized spacial score (nSPS) is 24.3. The Morgan fingerprint density at radius 3 is 2.44 bits per heavy atom. The van der Waals surface area contributed by atoms with Gasteiger partial charge in [0.25, 0.3) is 0 Å². The highest BCUT2D eigenvalue weighted by molar-refractivity contribution is 5.81. The number of benzene rings is 1. The summed E-state index contributed by atoms with van der Waals surface area (Å²) in [7, 11) is 2.12. The summed E-state index contributed by atoms with van der Waals surface area (Å²) in [5.74, 6) is 0.572. The molecule has 3 aliphatic rings. The van der Waals surface area contributed by atoms with Crippen molar-refractivity contribution >= 4 is 17.4 Å². The lowest BCUT2D eigenvalue weighted by atomic mass is 9.60. The summed E-state index contributed by atoms with van der Waals surface area (Å²) in [6.45, 7) is 12.1. The highest BCUT2D eigenvalue weighted by Crippen LogP contribution is 2.53. The summed E-state index contributed by atoms with van der Waals surface area (Å²) in [6, 6.07) is 10.7. The molecule has 0 aromatic heterocycles. The number of hydrogen-bond donors (Lipinski definition) is 1. The molecule has 0 unspecified atom stereocenters. The monoisotopic (exact) mass is 468 g/mol. The van der Waals surface area contributed by atoms with Crippen molar-refractivity contribution < 1.29 is 14.3 Å². The van der Waals surface area contributed by atoms with Crippen LogP contribution in [-0.4, -0.2) is 49.1 Å².